The van der Waals surface area contributed by atoms with Crippen molar-refractivity contribution in [1.29, 1.82) is 0 Å². The summed E-state index contributed by atoms with van der Waals surface area (Å²) in [5.74, 6) is 0.660. The number of hydrogen-bond acceptors (Lipinski definition) is 7. The average Bonchev–Trinajstić information content (AvgIpc) is 2.97. The minimum absolute atomic E-state index is 0.0843. The fourth-order valence-corrected chi connectivity index (χ4v) is 4.94. The molecule has 1 unspecified atom stereocenters. The van der Waals surface area contributed by atoms with E-state index in [1.54, 1.807) is 30.3 Å². The molecule has 4 aromatic rings. The highest BCUT2D eigenvalue weighted by Crippen LogP contribution is 2.38. The van der Waals surface area contributed by atoms with Crippen LogP contribution >= 0.6 is 11.8 Å². The highest BCUT2D eigenvalue weighted by atomic mass is 32.2. The van der Waals surface area contributed by atoms with E-state index >= 15 is 0 Å². The van der Waals surface area contributed by atoms with Gasteiger partial charge in [-0.25, -0.2) is 0 Å². The van der Waals surface area contributed by atoms with Gasteiger partial charge in [0.25, 0.3) is 11.6 Å². The van der Waals surface area contributed by atoms with Crippen LogP contribution in [0.1, 0.15) is 21.2 Å². The highest BCUT2D eigenvalue weighted by Gasteiger charge is 2.23. The number of nitrogens with zero attached hydrogens (tertiary/aromatic N) is 1. The number of rotatable bonds is 8. The maximum absolute atomic E-state index is 13.4. The molecule has 0 aromatic heterocycles. The molecule has 0 spiro atoms. The Balaban J connectivity index is 1.28. The molecule has 9 nitrogen and oxygen atoms in total. The summed E-state index contributed by atoms with van der Waals surface area (Å²) in [6.45, 7) is 0.947. The molecule has 2 N–H and O–H groups in total. The fourth-order valence-electron chi connectivity index (χ4n) is 3.92. The first kappa shape index (κ1) is 25.8. The molecule has 0 fully saturated rings. The number of nitro groups is 1. The topological polar surface area (TPSA) is 120 Å². The minimum atomic E-state index is -0.542. The Morgan fingerprint density at radius 1 is 0.795 bits per heavy atom. The van der Waals surface area contributed by atoms with Crippen molar-refractivity contribution in [3.8, 4) is 11.5 Å². The Hall–Kier alpha value is -4.83. The smallest absolute Gasteiger partial charge is 0.269 e. The first-order valence-corrected chi connectivity index (χ1v) is 12.9. The SMILES string of the molecule is O=C(Nc1ccc(SC(C(=O)Nc2ccc3c(c2)OCCO3)c2ccccc2)cc1)c1ccc([N+](=O)[O-])cc1. The molecular weight excluding hydrogens is 518 g/mol. The summed E-state index contributed by atoms with van der Waals surface area (Å²) < 4.78 is 11.2. The summed E-state index contributed by atoms with van der Waals surface area (Å²) in [6.07, 6.45) is 0. The number of nitrogens with one attached hydrogen (secondary N) is 2. The fraction of sp³-hybridized carbons (Fsp3) is 0.103. The van der Waals surface area contributed by atoms with Crippen molar-refractivity contribution < 1.29 is 24.0 Å². The summed E-state index contributed by atoms with van der Waals surface area (Å²) in [4.78, 5) is 37.1. The van der Waals surface area contributed by atoms with Gasteiger partial charge in [0, 0.05) is 40.0 Å². The van der Waals surface area contributed by atoms with Crippen molar-refractivity contribution in [2.24, 2.45) is 0 Å². The van der Waals surface area contributed by atoms with Crippen LogP contribution in [0.5, 0.6) is 11.5 Å². The number of nitro benzene ring substituents is 1. The van der Waals surface area contributed by atoms with E-state index in [0.717, 1.165) is 10.5 Å². The number of amides is 2. The van der Waals surface area contributed by atoms with Gasteiger partial charge in [0.15, 0.2) is 11.5 Å². The zero-order valence-electron chi connectivity index (χ0n) is 20.5. The predicted molar refractivity (Wildman–Crippen MR) is 149 cm³/mol. The van der Waals surface area contributed by atoms with Crippen LogP contribution in [0, 0.1) is 10.1 Å². The molecule has 1 atom stereocenters. The molecule has 0 saturated heterocycles. The number of thioether (sulfide) groups is 1. The second kappa shape index (κ2) is 11.7. The van der Waals surface area contributed by atoms with E-state index < -0.39 is 10.2 Å². The number of hydrogen-bond donors (Lipinski definition) is 2. The molecule has 10 heteroatoms. The molecule has 0 bridgehead atoms. The summed E-state index contributed by atoms with van der Waals surface area (Å²) in [5, 5.41) is 16.0. The minimum Gasteiger partial charge on any atom is -0.486 e. The van der Waals surface area contributed by atoms with Gasteiger partial charge in [-0.1, -0.05) is 30.3 Å². The molecule has 4 aromatic carbocycles. The van der Waals surface area contributed by atoms with E-state index in [-0.39, 0.29) is 17.5 Å². The molecule has 196 valence electrons. The van der Waals surface area contributed by atoms with Gasteiger partial charge in [-0.3, -0.25) is 19.7 Å². The lowest BCUT2D eigenvalue weighted by Gasteiger charge is -2.20. The van der Waals surface area contributed by atoms with Crippen molar-refractivity contribution in [3.05, 3.63) is 118 Å². The van der Waals surface area contributed by atoms with Crippen LogP contribution in [0.25, 0.3) is 0 Å². The van der Waals surface area contributed by atoms with Gasteiger partial charge in [-0.05, 0) is 54.1 Å². The molecule has 1 aliphatic rings. The second-order valence-corrected chi connectivity index (χ2v) is 9.72. The molecule has 1 heterocycles. The van der Waals surface area contributed by atoms with E-state index in [4.69, 9.17) is 9.47 Å². The van der Waals surface area contributed by atoms with Crippen LogP contribution in [0.3, 0.4) is 0 Å². The lowest BCUT2D eigenvalue weighted by Crippen LogP contribution is -2.20. The van der Waals surface area contributed by atoms with Crippen molar-refractivity contribution in [2.75, 3.05) is 23.8 Å². The lowest BCUT2D eigenvalue weighted by atomic mass is 10.1. The van der Waals surface area contributed by atoms with Gasteiger partial charge < -0.3 is 20.1 Å². The number of non-ortho nitro benzene ring substituents is 1. The lowest BCUT2D eigenvalue weighted by molar-refractivity contribution is -0.384. The molecule has 1 aliphatic heterocycles. The van der Waals surface area contributed by atoms with Crippen LogP contribution < -0.4 is 20.1 Å². The van der Waals surface area contributed by atoms with Gasteiger partial charge in [-0.2, -0.15) is 0 Å². The summed E-state index contributed by atoms with van der Waals surface area (Å²) in [7, 11) is 0. The summed E-state index contributed by atoms with van der Waals surface area (Å²) in [6, 6.07) is 27.3. The van der Waals surface area contributed by atoms with Crippen LogP contribution in [0.15, 0.2) is 102 Å². The van der Waals surface area contributed by atoms with Crippen molar-refractivity contribution in [2.45, 2.75) is 10.1 Å². The summed E-state index contributed by atoms with van der Waals surface area (Å²) >= 11 is 1.38. The highest BCUT2D eigenvalue weighted by molar-refractivity contribution is 8.00. The van der Waals surface area contributed by atoms with Crippen LogP contribution in [0.2, 0.25) is 0 Å². The third-order valence-electron chi connectivity index (χ3n) is 5.86. The van der Waals surface area contributed by atoms with Crippen molar-refractivity contribution >= 4 is 40.6 Å². The largest absolute Gasteiger partial charge is 0.486 e. The molecule has 39 heavy (non-hydrogen) atoms. The Kier molecular flexibility index (Phi) is 7.74. The third kappa shape index (κ3) is 6.36. The maximum Gasteiger partial charge on any atom is 0.269 e. The van der Waals surface area contributed by atoms with Gasteiger partial charge in [0.1, 0.15) is 18.5 Å². The number of benzene rings is 4. The van der Waals surface area contributed by atoms with Crippen LogP contribution in [-0.2, 0) is 4.79 Å². The number of carbonyl (C=O) groups excluding carboxylic acids is 2. The molecule has 5 rings (SSSR count). The maximum atomic E-state index is 13.4. The van der Waals surface area contributed by atoms with Crippen molar-refractivity contribution in [3.63, 3.8) is 0 Å². The van der Waals surface area contributed by atoms with E-state index in [0.29, 0.717) is 41.7 Å². The van der Waals surface area contributed by atoms with Gasteiger partial charge in [0.05, 0.1) is 4.92 Å². The number of ether oxygens (including phenoxy) is 2. The second-order valence-electron chi connectivity index (χ2n) is 8.54. The Bertz CT molecular complexity index is 1490. The van der Waals surface area contributed by atoms with E-state index in [1.165, 1.54) is 36.0 Å². The quantitative estimate of drug-likeness (QED) is 0.157. The van der Waals surface area contributed by atoms with Gasteiger partial charge in [0.2, 0.25) is 5.91 Å². The van der Waals surface area contributed by atoms with E-state index in [2.05, 4.69) is 10.6 Å². The Labute approximate surface area is 228 Å². The third-order valence-corrected chi connectivity index (χ3v) is 7.12. The molecule has 0 aliphatic carbocycles. The molecule has 2 amide bonds. The zero-order chi connectivity index (χ0) is 27.2. The van der Waals surface area contributed by atoms with Crippen molar-refractivity contribution in [1.82, 2.24) is 0 Å². The monoisotopic (exact) mass is 541 g/mol. The first-order valence-electron chi connectivity index (χ1n) is 12.0. The number of fused-ring (bicyclic) bond motifs is 1. The molecule has 0 radical (unpaired) electrons. The predicted octanol–water partition coefficient (Wildman–Crippen LogP) is 6.09. The van der Waals surface area contributed by atoms with Crippen LogP contribution in [-0.4, -0.2) is 30.0 Å². The zero-order valence-corrected chi connectivity index (χ0v) is 21.4. The molecule has 0 saturated carbocycles. The standard InChI is InChI=1S/C29H23N3O6S/c33-28(20-6-11-23(12-7-20)32(35)36)30-21-8-13-24(14-9-21)39-27(19-4-2-1-3-5-19)29(34)31-22-10-15-25-26(18-22)38-17-16-37-25/h1-15,18,27H,16-17H2,(H,30,33)(H,31,34). The Morgan fingerprint density at radius 2 is 1.46 bits per heavy atom. The first-order chi connectivity index (χ1) is 19.0. The number of carbonyl (C=O) groups is 2. The average molecular weight is 542 g/mol. The number of anilines is 2. The molecular formula is C29H23N3O6S. The van der Waals surface area contributed by atoms with E-state index in [9.17, 15) is 19.7 Å². The summed E-state index contributed by atoms with van der Waals surface area (Å²) in [5.41, 5.74) is 2.22. The van der Waals surface area contributed by atoms with E-state index in [1.807, 2.05) is 42.5 Å². The van der Waals surface area contributed by atoms with Gasteiger partial charge in [-0.15, -0.1) is 11.8 Å². The van der Waals surface area contributed by atoms with Gasteiger partial charge >= 0.3 is 0 Å². The Morgan fingerprint density at radius 3 is 2.15 bits per heavy atom. The van der Waals surface area contributed by atoms with Crippen LogP contribution in [0.4, 0.5) is 17.1 Å². The normalized spacial score (nSPS) is 12.7.